The lowest BCUT2D eigenvalue weighted by molar-refractivity contribution is 0.0734. The van der Waals surface area contributed by atoms with E-state index in [1.165, 1.54) is 11.1 Å². The van der Waals surface area contributed by atoms with Crippen LogP contribution >= 0.6 is 0 Å². The van der Waals surface area contributed by atoms with Gasteiger partial charge >= 0.3 is 5.97 Å². The number of para-hydroxylation sites is 2. The van der Waals surface area contributed by atoms with Crippen molar-refractivity contribution in [3.63, 3.8) is 0 Å². The van der Waals surface area contributed by atoms with Crippen molar-refractivity contribution in [2.24, 2.45) is 0 Å². The molecule has 0 atom stereocenters. The summed E-state index contributed by atoms with van der Waals surface area (Å²) in [5.41, 5.74) is 7.81. The highest BCUT2D eigenvalue weighted by molar-refractivity contribution is 5.98. The molecular weight excluding hydrogens is 490 g/mol. The Labute approximate surface area is 227 Å². The van der Waals surface area contributed by atoms with Crippen molar-refractivity contribution < 1.29 is 19.0 Å². The van der Waals surface area contributed by atoms with E-state index in [4.69, 9.17) is 14.2 Å². The third-order valence-electron chi connectivity index (χ3n) is 7.10. The fourth-order valence-corrected chi connectivity index (χ4v) is 5.39. The topological polar surface area (TPSA) is 72.9 Å². The molecule has 39 heavy (non-hydrogen) atoms. The van der Waals surface area contributed by atoms with E-state index in [1.54, 1.807) is 50.9 Å². The zero-order valence-electron chi connectivity index (χ0n) is 22.3. The Bertz CT molecular complexity index is 1610. The highest BCUT2D eigenvalue weighted by Gasteiger charge is 2.37. The lowest BCUT2D eigenvalue weighted by Crippen LogP contribution is -2.33. The average molecular weight is 520 g/mol. The summed E-state index contributed by atoms with van der Waals surface area (Å²) in [7, 11) is 3.33. The Morgan fingerprint density at radius 1 is 0.923 bits per heavy atom. The average Bonchev–Trinajstić information content (AvgIpc) is 3.32. The van der Waals surface area contributed by atoms with Gasteiger partial charge in [-0.05, 0) is 73.5 Å². The molecule has 0 bridgehead atoms. The molecule has 7 heteroatoms. The van der Waals surface area contributed by atoms with Gasteiger partial charge in [0.05, 0.1) is 31.0 Å². The van der Waals surface area contributed by atoms with Gasteiger partial charge in [0.15, 0.2) is 0 Å². The van der Waals surface area contributed by atoms with Gasteiger partial charge in [-0.25, -0.2) is 4.79 Å². The summed E-state index contributed by atoms with van der Waals surface area (Å²) in [6, 6.07) is 21.1. The number of nitrogens with one attached hydrogen (secondary N) is 1. The molecule has 0 spiro atoms. The number of carbonyl (C=O) groups is 1. The molecule has 2 aliphatic rings. The summed E-state index contributed by atoms with van der Waals surface area (Å²) in [6.45, 7) is 5.01. The van der Waals surface area contributed by atoms with Gasteiger partial charge in [0.2, 0.25) is 0 Å². The van der Waals surface area contributed by atoms with Crippen LogP contribution in [0.25, 0.3) is 16.8 Å². The molecule has 0 radical (unpaired) electrons. The Morgan fingerprint density at radius 3 is 2.44 bits per heavy atom. The van der Waals surface area contributed by atoms with Crippen LogP contribution in [0.5, 0.6) is 17.2 Å². The Morgan fingerprint density at radius 2 is 1.67 bits per heavy atom. The minimum absolute atomic E-state index is 0.218. The molecule has 1 aromatic heterocycles. The van der Waals surface area contributed by atoms with Crippen LogP contribution < -0.4 is 24.4 Å². The fraction of sp³-hybridized carbons (Fsp3) is 0.188. The standard InChI is InChI=1S/C32H29N3O4/c1-32(2)18-27-30-24(19-35(27)26-7-5-6-8-28(26)37-3)22(11-12-25(30)34-32)23-10-9-21(17-29(23)38-4)39-31(36)20-13-15-33-16-14-20/h5-18,34H,19H2,1-4H3. The smallest absolute Gasteiger partial charge is 0.343 e. The molecule has 3 aromatic carbocycles. The maximum atomic E-state index is 12.6. The third kappa shape index (κ3) is 4.36. The second-order valence-corrected chi connectivity index (χ2v) is 10.1. The molecule has 1 N–H and O–H groups in total. The lowest BCUT2D eigenvalue weighted by atomic mass is 9.89. The molecular formula is C32H29N3O4. The van der Waals surface area contributed by atoms with Crippen molar-refractivity contribution >= 4 is 23.0 Å². The molecule has 0 saturated heterocycles. The van der Waals surface area contributed by atoms with Gasteiger partial charge in [-0.1, -0.05) is 18.2 Å². The van der Waals surface area contributed by atoms with Crippen LogP contribution in [0, 0.1) is 0 Å². The summed E-state index contributed by atoms with van der Waals surface area (Å²) in [5.74, 6) is 1.40. The first-order valence-electron chi connectivity index (χ1n) is 12.8. The SMILES string of the molecule is COc1cc(OC(=O)c2ccncc2)ccc1-c1ccc2c3c1CN(c1ccccc1OC)C3=CC(C)(C)N2. The number of nitrogens with zero attached hydrogens (tertiary/aromatic N) is 2. The molecule has 2 aliphatic heterocycles. The van der Waals surface area contributed by atoms with Crippen LogP contribution in [0.4, 0.5) is 11.4 Å². The number of ether oxygens (including phenoxy) is 3. The Kier molecular flexibility index (Phi) is 5.99. The molecule has 0 amide bonds. The maximum absolute atomic E-state index is 12.6. The first-order chi connectivity index (χ1) is 18.9. The zero-order valence-corrected chi connectivity index (χ0v) is 22.3. The monoisotopic (exact) mass is 519 g/mol. The Hall–Kier alpha value is -4.78. The number of aromatic nitrogens is 1. The molecule has 196 valence electrons. The molecule has 6 rings (SSSR count). The van der Waals surface area contributed by atoms with Crippen molar-refractivity contribution in [2.45, 2.75) is 25.9 Å². The fourth-order valence-electron chi connectivity index (χ4n) is 5.39. The second kappa shape index (κ2) is 9.51. The van der Waals surface area contributed by atoms with Gasteiger partial charge in [-0.2, -0.15) is 0 Å². The van der Waals surface area contributed by atoms with E-state index in [-0.39, 0.29) is 5.54 Å². The third-order valence-corrected chi connectivity index (χ3v) is 7.10. The highest BCUT2D eigenvalue weighted by Crippen LogP contribution is 2.51. The quantitative estimate of drug-likeness (QED) is 0.229. The van der Waals surface area contributed by atoms with Gasteiger partial charge in [-0.3, -0.25) is 4.98 Å². The molecule has 0 unspecified atom stereocenters. The molecule has 4 aromatic rings. The number of anilines is 2. The summed E-state index contributed by atoms with van der Waals surface area (Å²) in [6.07, 6.45) is 5.40. The molecule has 7 nitrogen and oxygen atoms in total. The number of methoxy groups -OCH3 is 2. The predicted octanol–water partition coefficient (Wildman–Crippen LogP) is 6.55. The second-order valence-electron chi connectivity index (χ2n) is 10.1. The Balaban J connectivity index is 1.42. The van der Waals surface area contributed by atoms with Crippen molar-refractivity contribution in [3.05, 3.63) is 102 Å². The molecule has 3 heterocycles. The van der Waals surface area contributed by atoms with Crippen molar-refractivity contribution in [3.8, 4) is 28.4 Å². The van der Waals surface area contributed by atoms with Crippen molar-refractivity contribution in [2.75, 3.05) is 24.4 Å². The summed E-state index contributed by atoms with van der Waals surface area (Å²) >= 11 is 0. The van der Waals surface area contributed by atoms with E-state index in [0.29, 0.717) is 23.6 Å². The van der Waals surface area contributed by atoms with Crippen LogP contribution in [-0.4, -0.2) is 30.7 Å². The van der Waals surface area contributed by atoms with Crippen LogP contribution in [0.3, 0.4) is 0 Å². The van der Waals surface area contributed by atoms with Crippen LogP contribution in [-0.2, 0) is 6.54 Å². The number of hydrogen-bond donors (Lipinski definition) is 1. The van der Waals surface area contributed by atoms with Crippen LogP contribution in [0.1, 0.15) is 35.3 Å². The first kappa shape index (κ1) is 24.6. The van der Waals surface area contributed by atoms with Crippen LogP contribution in [0.2, 0.25) is 0 Å². The number of hydrogen-bond acceptors (Lipinski definition) is 7. The van der Waals surface area contributed by atoms with Gasteiger partial charge in [0.25, 0.3) is 0 Å². The van der Waals surface area contributed by atoms with E-state index in [0.717, 1.165) is 33.9 Å². The largest absolute Gasteiger partial charge is 0.496 e. The summed E-state index contributed by atoms with van der Waals surface area (Å²) in [5, 5.41) is 3.67. The minimum Gasteiger partial charge on any atom is -0.496 e. The number of carbonyl (C=O) groups excluding carboxylic acids is 1. The van der Waals surface area contributed by atoms with Gasteiger partial charge < -0.3 is 24.4 Å². The van der Waals surface area contributed by atoms with Gasteiger partial charge in [0, 0.05) is 47.5 Å². The summed E-state index contributed by atoms with van der Waals surface area (Å²) in [4.78, 5) is 18.9. The van der Waals surface area contributed by atoms with E-state index in [9.17, 15) is 4.79 Å². The number of esters is 1. The number of benzene rings is 3. The van der Waals surface area contributed by atoms with Crippen LogP contribution in [0.15, 0.2) is 85.2 Å². The van der Waals surface area contributed by atoms with E-state index < -0.39 is 5.97 Å². The van der Waals surface area contributed by atoms with E-state index in [1.807, 2.05) is 24.3 Å². The molecule has 0 aliphatic carbocycles. The van der Waals surface area contributed by atoms with E-state index in [2.05, 4.69) is 53.3 Å². The molecule has 0 saturated carbocycles. The van der Waals surface area contributed by atoms with Crippen molar-refractivity contribution in [1.29, 1.82) is 0 Å². The van der Waals surface area contributed by atoms with Gasteiger partial charge in [-0.15, -0.1) is 0 Å². The predicted molar refractivity (Wildman–Crippen MR) is 152 cm³/mol. The molecule has 0 fully saturated rings. The van der Waals surface area contributed by atoms with E-state index >= 15 is 0 Å². The minimum atomic E-state index is -0.449. The number of pyridine rings is 1. The highest BCUT2D eigenvalue weighted by atomic mass is 16.5. The maximum Gasteiger partial charge on any atom is 0.343 e. The number of rotatable bonds is 6. The normalized spacial score (nSPS) is 14.7. The first-order valence-corrected chi connectivity index (χ1v) is 12.8. The lowest BCUT2D eigenvalue weighted by Gasteiger charge is -2.33. The van der Waals surface area contributed by atoms with Crippen molar-refractivity contribution in [1.82, 2.24) is 4.98 Å². The summed E-state index contributed by atoms with van der Waals surface area (Å²) < 4.78 is 17.2. The van der Waals surface area contributed by atoms with Gasteiger partial charge in [0.1, 0.15) is 17.2 Å². The zero-order chi connectivity index (χ0) is 27.1.